The van der Waals surface area contributed by atoms with E-state index < -0.39 is 23.4 Å². The van der Waals surface area contributed by atoms with Gasteiger partial charge in [0.25, 0.3) is 0 Å². The lowest BCUT2D eigenvalue weighted by Gasteiger charge is -2.54. The molecule has 2 aliphatic heterocycles. The Hall–Kier alpha value is -1.74. The number of rotatable bonds is 5. The van der Waals surface area contributed by atoms with Crippen LogP contribution in [0.2, 0.25) is 0 Å². The molecule has 0 aromatic heterocycles. The lowest BCUT2D eigenvalue weighted by atomic mass is 9.71. The smallest absolute Gasteiger partial charge is 0.353 e. The Balaban J connectivity index is 1.37. The summed E-state index contributed by atoms with van der Waals surface area (Å²) in [5, 5.41) is 0. The van der Waals surface area contributed by atoms with E-state index in [1.165, 1.54) is 12.1 Å². The molecule has 37 heavy (non-hydrogen) atoms. The second-order valence-electron chi connectivity index (χ2n) is 11.8. The third-order valence-electron chi connectivity index (χ3n) is 9.29. The molecule has 9 heteroatoms. The predicted octanol–water partition coefficient (Wildman–Crippen LogP) is 6.63. The first-order chi connectivity index (χ1) is 17.4. The predicted molar refractivity (Wildman–Crippen MR) is 129 cm³/mol. The van der Waals surface area contributed by atoms with E-state index in [9.17, 15) is 26.7 Å². The van der Waals surface area contributed by atoms with Gasteiger partial charge in [-0.2, -0.15) is 13.2 Å². The number of piperidine rings is 1. The van der Waals surface area contributed by atoms with E-state index in [1.807, 2.05) is 4.90 Å². The molecule has 206 valence electrons. The Labute approximate surface area is 215 Å². The first-order valence-electron chi connectivity index (χ1n) is 13.7. The van der Waals surface area contributed by atoms with Gasteiger partial charge >= 0.3 is 6.18 Å². The second kappa shape index (κ2) is 9.78. The number of hydrogen-bond donors (Lipinski definition) is 0. The molecular weight excluding hydrogens is 491 g/mol. The number of halogens is 5. The van der Waals surface area contributed by atoms with Gasteiger partial charge in [-0.1, -0.05) is 26.0 Å². The molecule has 4 aliphatic rings. The fourth-order valence-electron chi connectivity index (χ4n) is 7.24. The van der Waals surface area contributed by atoms with Crippen LogP contribution in [0.1, 0.15) is 82.8 Å². The molecule has 2 heterocycles. The molecule has 0 N–H and O–H groups in total. The van der Waals surface area contributed by atoms with Crippen molar-refractivity contribution in [3.05, 3.63) is 35.4 Å². The highest BCUT2D eigenvalue weighted by Gasteiger charge is 2.59. The van der Waals surface area contributed by atoms with E-state index in [2.05, 4.69) is 18.7 Å². The third kappa shape index (κ3) is 5.14. The Morgan fingerprint density at radius 2 is 1.68 bits per heavy atom. The summed E-state index contributed by atoms with van der Waals surface area (Å²) in [4.78, 5) is 17.3. The molecule has 5 rings (SSSR count). The molecular formula is C28H37F5N2O2. The fraction of sp³-hybridized carbons (Fsp3) is 0.750. The van der Waals surface area contributed by atoms with Crippen LogP contribution in [0, 0.1) is 11.8 Å². The van der Waals surface area contributed by atoms with Crippen LogP contribution in [-0.2, 0) is 22.3 Å². The van der Waals surface area contributed by atoms with Gasteiger partial charge < -0.3 is 9.64 Å². The normalized spacial score (nSPS) is 32.6. The zero-order chi connectivity index (χ0) is 26.6. The number of carbonyl (C=O) groups excluding carboxylic acids is 1. The number of nitrogens with zero attached hydrogens (tertiary/aromatic N) is 2. The number of carbonyl (C=O) groups is 1. The van der Waals surface area contributed by atoms with Crippen molar-refractivity contribution < 1.29 is 31.5 Å². The largest absolute Gasteiger partial charge is 0.416 e. The van der Waals surface area contributed by atoms with Crippen LogP contribution in [0.3, 0.4) is 0 Å². The van der Waals surface area contributed by atoms with E-state index in [-0.39, 0.29) is 42.8 Å². The monoisotopic (exact) mass is 528 g/mol. The van der Waals surface area contributed by atoms with Gasteiger partial charge in [0.2, 0.25) is 11.8 Å². The lowest BCUT2D eigenvalue weighted by molar-refractivity contribution is -0.193. The Morgan fingerprint density at radius 3 is 2.30 bits per heavy atom. The molecule has 4 nitrogen and oxygen atoms in total. The van der Waals surface area contributed by atoms with Crippen molar-refractivity contribution in [1.29, 1.82) is 0 Å². The van der Waals surface area contributed by atoms with Gasteiger partial charge in [-0.3, -0.25) is 9.69 Å². The minimum Gasteiger partial charge on any atom is -0.353 e. The maximum absolute atomic E-state index is 14.0. The molecule has 2 saturated carbocycles. The number of amides is 1. The molecule has 1 spiro atoms. The third-order valence-corrected chi connectivity index (χ3v) is 9.29. The number of ether oxygens (including phenoxy) is 1. The van der Waals surface area contributed by atoms with Gasteiger partial charge in [0.1, 0.15) is 5.72 Å². The van der Waals surface area contributed by atoms with E-state index in [4.69, 9.17) is 4.74 Å². The Bertz CT molecular complexity index is 972. The Morgan fingerprint density at radius 1 is 1.03 bits per heavy atom. The molecule has 2 saturated heterocycles. The topological polar surface area (TPSA) is 32.8 Å². The number of hydrogen-bond acceptors (Lipinski definition) is 3. The highest BCUT2D eigenvalue weighted by molar-refractivity contribution is 5.78. The van der Waals surface area contributed by atoms with Crippen LogP contribution in [0.25, 0.3) is 0 Å². The number of alkyl halides is 5. The van der Waals surface area contributed by atoms with Gasteiger partial charge in [0, 0.05) is 43.8 Å². The van der Waals surface area contributed by atoms with Crippen LogP contribution in [0.5, 0.6) is 0 Å². The lowest BCUT2D eigenvalue weighted by Crippen LogP contribution is -2.63. The first-order valence-corrected chi connectivity index (χ1v) is 13.7. The van der Waals surface area contributed by atoms with Gasteiger partial charge in [-0.05, 0) is 62.1 Å². The van der Waals surface area contributed by atoms with Gasteiger partial charge in [-0.15, -0.1) is 0 Å². The highest BCUT2D eigenvalue weighted by atomic mass is 19.4. The molecule has 1 aromatic rings. The molecule has 0 unspecified atom stereocenters. The molecule has 1 amide bonds. The van der Waals surface area contributed by atoms with Crippen LogP contribution < -0.4 is 0 Å². The highest BCUT2D eigenvalue weighted by Crippen LogP contribution is 2.52. The summed E-state index contributed by atoms with van der Waals surface area (Å²) in [5.74, 6) is -2.05. The summed E-state index contributed by atoms with van der Waals surface area (Å²) in [6.45, 7) is 5.19. The van der Waals surface area contributed by atoms with E-state index in [1.54, 1.807) is 0 Å². The van der Waals surface area contributed by atoms with E-state index in [0.717, 1.165) is 37.0 Å². The quantitative estimate of drug-likeness (QED) is 0.403. The van der Waals surface area contributed by atoms with Crippen LogP contribution >= 0.6 is 0 Å². The second-order valence-corrected chi connectivity index (χ2v) is 11.8. The minimum absolute atomic E-state index is 0.0461. The zero-order valence-corrected chi connectivity index (χ0v) is 21.6. The molecule has 2 aliphatic carbocycles. The van der Waals surface area contributed by atoms with Gasteiger partial charge in [0.15, 0.2) is 0 Å². The molecule has 4 fully saturated rings. The van der Waals surface area contributed by atoms with Crippen molar-refractivity contribution in [3.63, 3.8) is 0 Å². The van der Waals surface area contributed by atoms with Gasteiger partial charge in [-0.25, -0.2) is 8.78 Å². The average molecular weight is 529 g/mol. The van der Waals surface area contributed by atoms with Crippen LogP contribution in [0.4, 0.5) is 22.0 Å². The molecule has 1 aromatic carbocycles. The van der Waals surface area contributed by atoms with Gasteiger partial charge in [0.05, 0.1) is 18.2 Å². The fourth-order valence-corrected chi connectivity index (χ4v) is 7.24. The van der Waals surface area contributed by atoms with Crippen molar-refractivity contribution in [2.24, 2.45) is 11.8 Å². The molecule has 0 bridgehead atoms. The molecule has 4 atom stereocenters. The summed E-state index contributed by atoms with van der Waals surface area (Å²) < 4.78 is 73.7. The number of benzene rings is 1. The van der Waals surface area contributed by atoms with Crippen molar-refractivity contribution in [1.82, 2.24) is 9.80 Å². The van der Waals surface area contributed by atoms with Crippen molar-refractivity contribution in [2.45, 2.75) is 114 Å². The Kier molecular flexibility index (Phi) is 7.10. The first kappa shape index (κ1) is 26.9. The summed E-state index contributed by atoms with van der Waals surface area (Å²) in [7, 11) is 0. The summed E-state index contributed by atoms with van der Waals surface area (Å²) in [5.41, 5.74) is -0.520. The van der Waals surface area contributed by atoms with Crippen molar-refractivity contribution >= 4 is 5.91 Å². The van der Waals surface area contributed by atoms with Crippen molar-refractivity contribution in [2.75, 3.05) is 6.61 Å². The molecule has 0 radical (unpaired) electrons. The maximum Gasteiger partial charge on any atom is 0.416 e. The SMILES string of the molecule is CC(C)[C@H]1CO[C@]23CC[C@H](N(Cc4ccc(C(F)(F)F)cc4)C4CCC(F)(F)CC4)C[C@H]2CCC(=O)N13. The average Bonchev–Trinajstić information content (AvgIpc) is 3.24. The zero-order valence-electron chi connectivity index (χ0n) is 21.6. The van der Waals surface area contributed by atoms with Crippen molar-refractivity contribution in [3.8, 4) is 0 Å². The standard InChI is InChI=1S/C28H37F5N2O2/c1-18(2)24-17-37-27-14-11-23(15-21(27)7-8-25(36)35(24)27)34(22-9-12-26(29,30)13-10-22)16-19-3-5-20(6-4-19)28(31,32)33/h3-6,18,21-24H,7-17H2,1-2H3/t21-,23+,24-,27-/m1/s1. The summed E-state index contributed by atoms with van der Waals surface area (Å²) in [6, 6.07) is 5.33. The van der Waals surface area contributed by atoms with E-state index in [0.29, 0.717) is 44.8 Å². The van der Waals surface area contributed by atoms with E-state index >= 15 is 0 Å². The summed E-state index contributed by atoms with van der Waals surface area (Å²) >= 11 is 0. The summed E-state index contributed by atoms with van der Waals surface area (Å²) in [6.07, 6.45) is -0.499. The van der Waals surface area contributed by atoms with Crippen LogP contribution in [0.15, 0.2) is 24.3 Å². The maximum atomic E-state index is 14.0. The minimum atomic E-state index is -4.40. The van der Waals surface area contributed by atoms with Crippen LogP contribution in [-0.4, -0.2) is 52.1 Å².